The summed E-state index contributed by atoms with van der Waals surface area (Å²) in [6.45, 7) is 15.4. The van der Waals surface area contributed by atoms with Gasteiger partial charge in [0.05, 0.1) is 5.69 Å². The van der Waals surface area contributed by atoms with E-state index < -0.39 is 0 Å². The van der Waals surface area contributed by atoms with Gasteiger partial charge < -0.3 is 10.2 Å². The first-order valence-corrected chi connectivity index (χ1v) is 9.23. The van der Waals surface area contributed by atoms with E-state index in [1.54, 1.807) is 0 Å². The SMILES string of the molecule is CCNCc1sc(N(CC)CC2CCC2)nc1C(C)(C)C. The Morgan fingerprint density at radius 2 is 2.00 bits per heavy atom. The maximum atomic E-state index is 5.02. The number of hydrogen-bond acceptors (Lipinski definition) is 4. The molecule has 2 rings (SSSR count). The normalized spacial score (nSPS) is 16.0. The number of rotatable bonds is 7. The average Bonchev–Trinajstić information content (AvgIpc) is 2.79. The molecule has 1 heterocycles. The molecule has 0 radical (unpaired) electrons. The zero-order valence-electron chi connectivity index (χ0n) is 14.3. The Labute approximate surface area is 134 Å². The molecule has 0 bridgehead atoms. The van der Waals surface area contributed by atoms with E-state index in [-0.39, 0.29) is 5.41 Å². The van der Waals surface area contributed by atoms with Crippen LogP contribution in [0, 0.1) is 5.92 Å². The minimum Gasteiger partial charge on any atom is -0.348 e. The molecule has 3 nitrogen and oxygen atoms in total. The first-order valence-electron chi connectivity index (χ1n) is 8.41. The van der Waals surface area contributed by atoms with Crippen LogP contribution in [0.5, 0.6) is 0 Å². The minimum atomic E-state index is 0.120. The largest absolute Gasteiger partial charge is 0.348 e. The molecule has 0 unspecified atom stereocenters. The molecule has 1 aromatic rings. The molecule has 21 heavy (non-hydrogen) atoms. The topological polar surface area (TPSA) is 28.2 Å². The third-order valence-electron chi connectivity index (χ3n) is 4.29. The molecule has 4 heteroatoms. The van der Waals surface area contributed by atoms with Crippen LogP contribution >= 0.6 is 11.3 Å². The van der Waals surface area contributed by atoms with Crippen LogP contribution in [0.2, 0.25) is 0 Å². The minimum absolute atomic E-state index is 0.120. The number of aromatic nitrogens is 1. The zero-order chi connectivity index (χ0) is 15.5. The van der Waals surface area contributed by atoms with Gasteiger partial charge in [-0.2, -0.15) is 0 Å². The summed E-state index contributed by atoms with van der Waals surface area (Å²) in [5, 5.41) is 4.69. The molecule has 0 atom stereocenters. The molecule has 0 spiro atoms. The van der Waals surface area contributed by atoms with Gasteiger partial charge >= 0.3 is 0 Å². The zero-order valence-corrected chi connectivity index (χ0v) is 15.1. The predicted molar refractivity (Wildman–Crippen MR) is 93.4 cm³/mol. The molecule has 1 aromatic heterocycles. The van der Waals surface area contributed by atoms with Crippen LogP contribution in [0.25, 0.3) is 0 Å². The lowest BCUT2D eigenvalue weighted by Gasteiger charge is -2.31. The van der Waals surface area contributed by atoms with Crippen molar-refractivity contribution in [3.8, 4) is 0 Å². The molecule has 120 valence electrons. The van der Waals surface area contributed by atoms with Gasteiger partial charge in [-0.1, -0.05) is 34.1 Å². The molecule has 1 aliphatic rings. The van der Waals surface area contributed by atoms with Gasteiger partial charge in [-0.15, -0.1) is 11.3 Å². The third-order valence-corrected chi connectivity index (χ3v) is 5.40. The first-order chi connectivity index (χ1) is 9.95. The lowest BCUT2D eigenvalue weighted by atomic mass is 9.85. The summed E-state index contributed by atoms with van der Waals surface area (Å²) >= 11 is 1.89. The summed E-state index contributed by atoms with van der Waals surface area (Å²) in [4.78, 5) is 8.92. The van der Waals surface area contributed by atoms with E-state index in [2.05, 4.69) is 44.8 Å². The lowest BCUT2D eigenvalue weighted by molar-refractivity contribution is 0.318. The van der Waals surface area contributed by atoms with Crippen molar-refractivity contribution in [3.05, 3.63) is 10.6 Å². The fraction of sp³-hybridized carbons (Fsp3) is 0.824. The van der Waals surface area contributed by atoms with Gasteiger partial charge in [0.2, 0.25) is 0 Å². The summed E-state index contributed by atoms with van der Waals surface area (Å²) in [6.07, 6.45) is 4.22. The van der Waals surface area contributed by atoms with Crippen molar-refractivity contribution in [2.75, 3.05) is 24.5 Å². The second kappa shape index (κ2) is 7.10. The van der Waals surface area contributed by atoms with Crippen molar-refractivity contribution in [1.82, 2.24) is 10.3 Å². The fourth-order valence-corrected chi connectivity index (χ4v) is 4.06. The van der Waals surface area contributed by atoms with Crippen molar-refractivity contribution in [1.29, 1.82) is 0 Å². The summed E-state index contributed by atoms with van der Waals surface area (Å²) < 4.78 is 0. The summed E-state index contributed by atoms with van der Waals surface area (Å²) in [5.74, 6) is 0.893. The lowest BCUT2D eigenvalue weighted by Crippen LogP contribution is -2.32. The van der Waals surface area contributed by atoms with Crippen LogP contribution in [0.1, 0.15) is 64.5 Å². The Hall–Kier alpha value is -0.610. The van der Waals surface area contributed by atoms with E-state index in [9.17, 15) is 0 Å². The van der Waals surface area contributed by atoms with E-state index in [4.69, 9.17) is 4.98 Å². The highest BCUT2D eigenvalue weighted by molar-refractivity contribution is 7.15. The maximum absolute atomic E-state index is 5.02. The molecule has 0 saturated heterocycles. The number of thiazole rings is 1. The van der Waals surface area contributed by atoms with E-state index in [0.29, 0.717) is 0 Å². The summed E-state index contributed by atoms with van der Waals surface area (Å²) in [5.41, 5.74) is 1.39. The van der Waals surface area contributed by atoms with Crippen LogP contribution in [0.4, 0.5) is 5.13 Å². The van der Waals surface area contributed by atoms with E-state index in [0.717, 1.165) is 25.6 Å². The molecule has 1 saturated carbocycles. The van der Waals surface area contributed by atoms with Crippen LogP contribution < -0.4 is 10.2 Å². The third kappa shape index (κ3) is 4.19. The standard InChI is InChI=1S/C17H31N3S/c1-6-18-11-14-15(17(3,4)5)19-16(21-14)20(7-2)12-13-9-8-10-13/h13,18H,6-12H2,1-5H3. The Morgan fingerprint density at radius 3 is 2.48 bits per heavy atom. The second-order valence-electron chi connectivity index (χ2n) is 7.13. The van der Waals surface area contributed by atoms with Crippen molar-refractivity contribution in [2.24, 2.45) is 5.92 Å². The quantitative estimate of drug-likeness (QED) is 0.819. The summed E-state index contributed by atoms with van der Waals surface area (Å²) in [6, 6.07) is 0. The fourth-order valence-electron chi connectivity index (χ4n) is 2.75. The van der Waals surface area contributed by atoms with Crippen LogP contribution in [-0.2, 0) is 12.0 Å². The number of anilines is 1. The van der Waals surface area contributed by atoms with Crippen molar-refractivity contribution >= 4 is 16.5 Å². The Morgan fingerprint density at radius 1 is 1.29 bits per heavy atom. The first kappa shape index (κ1) is 16.8. The van der Waals surface area contributed by atoms with Gasteiger partial charge in [0.1, 0.15) is 0 Å². The Kier molecular flexibility index (Phi) is 5.67. The van der Waals surface area contributed by atoms with Crippen molar-refractivity contribution < 1.29 is 0 Å². The highest BCUT2D eigenvalue weighted by Gasteiger charge is 2.26. The molecule has 0 amide bonds. The molecule has 0 aromatic carbocycles. The molecule has 0 aliphatic heterocycles. The molecular formula is C17H31N3S. The number of nitrogens with one attached hydrogen (secondary N) is 1. The number of hydrogen-bond donors (Lipinski definition) is 1. The van der Waals surface area contributed by atoms with E-state index in [1.807, 2.05) is 11.3 Å². The van der Waals surface area contributed by atoms with Gasteiger partial charge in [0, 0.05) is 29.9 Å². The summed E-state index contributed by atoms with van der Waals surface area (Å²) in [7, 11) is 0. The predicted octanol–water partition coefficient (Wildman–Crippen LogP) is 4.18. The second-order valence-corrected chi connectivity index (χ2v) is 8.20. The maximum Gasteiger partial charge on any atom is 0.185 e. The van der Waals surface area contributed by atoms with Crippen molar-refractivity contribution in [3.63, 3.8) is 0 Å². The van der Waals surface area contributed by atoms with Crippen LogP contribution in [0.3, 0.4) is 0 Å². The van der Waals surface area contributed by atoms with Gasteiger partial charge in [0.25, 0.3) is 0 Å². The smallest absolute Gasteiger partial charge is 0.185 e. The Balaban J connectivity index is 2.19. The Bertz CT molecular complexity index is 443. The molecular weight excluding hydrogens is 278 g/mol. The molecule has 1 aliphatic carbocycles. The molecule has 1 fully saturated rings. The van der Waals surface area contributed by atoms with Gasteiger partial charge in [-0.25, -0.2) is 4.98 Å². The highest BCUT2D eigenvalue weighted by atomic mass is 32.1. The average molecular weight is 310 g/mol. The van der Waals surface area contributed by atoms with Crippen molar-refractivity contribution in [2.45, 2.75) is 65.8 Å². The van der Waals surface area contributed by atoms with E-state index >= 15 is 0 Å². The molecule has 1 N–H and O–H groups in total. The van der Waals surface area contributed by atoms with Gasteiger partial charge in [-0.3, -0.25) is 0 Å². The van der Waals surface area contributed by atoms with Gasteiger partial charge in [0.15, 0.2) is 5.13 Å². The number of nitrogens with zero attached hydrogens (tertiary/aromatic N) is 2. The highest BCUT2D eigenvalue weighted by Crippen LogP contribution is 2.35. The van der Waals surface area contributed by atoms with E-state index in [1.165, 1.54) is 41.5 Å². The van der Waals surface area contributed by atoms with Crippen LogP contribution in [-0.4, -0.2) is 24.6 Å². The van der Waals surface area contributed by atoms with Crippen LogP contribution in [0.15, 0.2) is 0 Å². The van der Waals surface area contributed by atoms with Gasteiger partial charge in [-0.05, 0) is 32.2 Å². The monoisotopic (exact) mass is 309 g/mol.